The molecule has 0 bridgehead atoms. The van der Waals surface area contributed by atoms with Crippen molar-refractivity contribution in [3.05, 3.63) is 10.3 Å². The van der Waals surface area contributed by atoms with Crippen LogP contribution in [-0.4, -0.2) is 20.4 Å². The van der Waals surface area contributed by atoms with E-state index in [1.165, 1.54) is 6.42 Å². The molecule has 1 aliphatic rings. The Morgan fingerprint density at radius 2 is 2.31 bits per heavy atom. The Labute approximate surface area is 90.6 Å². The third kappa shape index (κ3) is 1.62. The summed E-state index contributed by atoms with van der Waals surface area (Å²) in [6.45, 7) is 0. The Morgan fingerprint density at radius 3 is 2.77 bits per heavy atom. The molecule has 3 nitrogen and oxygen atoms in total. The molecule has 0 aliphatic heterocycles. The van der Waals surface area contributed by atoms with Gasteiger partial charge < -0.3 is 0 Å². The second-order valence-corrected chi connectivity index (χ2v) is 4.75. The predicted octanol–water partition coefficient (Wildman–Crippen LogP) is 2.45. The molecule has 1 aliphatic carbocycles. The quantitative estimate of drug-likeness (QED) is 0.730. The summed E-state index contributed by atoms with van der Waals surface area (Å²) in [5.74, 6) is 0.413. The summed E-state index contributed by atoms with van der Waals surface area (Å²) in [6.07, 6.45) is 3.45. The fourth-order valence-electron chi connectivity index (χ4n) is 1.96. The maximum absolute atomic E-state index is 6.22. The summed E-state index contributed by atoms with van der Waals surface area (Å²) < 4.78 is 2.66. The predicted molar refractivity (Wildman–Crippen MR) is 54.9 cm³/mol. The molecule has 0 radical (unpaired) electrons. The third-order valence-electron chi connectivity index (χ3n) is 2.61. The largest absolute Gasteiger partial charge is 0.251 e. The number of rotatable bonds is 1. The van der Waals surface area contributed by atoms with Gasteiger partial charge in [-0.25, -0.2) is 0 Å². The molecule has 0 saturated heterocycles. The van der Waals surface area contributed by atoms with E-state index in [1.807, 2.05) is 11.7 Å². The first-order valence-corrected chi connectivity index (χ1v) is 5.62. The lowest BCUT2D eigenvalue weighted by molar-refractivity contribution is 0.609. The van der Waals surface area contributed by atoms with E-state index < -0.39 is 0 Å². The molecule has 1 fully saturated rings. The van der Waals surface area contributed by atoms with Crippen LogP contribution in [0.25, 0.3) is 0 Å². The fourth-order valence-corrected chi connectivity index (χ4v) is 2.98. The summed E-state index contributed by atoms with van der Waals surface area (Å²) in [6, 6.07) is 0. The SMILES string of the molecule is Cn1nnc(Br)c1C1CCCC1Cl. The standard InChI is InChI=1S/C8H11BrClN3/c1-13-7(8(9)11-12-13)5-3-2-4-6(5)10/h5-6H,2-4H2,1H3. The lowest BCUT2D eigenvalue weighted by Gasteiger charge is -2.13. The van der Waals surface area contributed by atoms with Crippen molar-refractivity contribution in [3.8, 4) is 0 Å². The molecule has 72 valence electrons. The number of aryl methyl sites for hydroxylation is 1. The molecule has 0 spiro atoms. The maximum Gasteiger partial charge on any atom is 0.151 e. The molecule has 1 heterocycles. The Balaban J connectivity index is 2.33. The highest BCUT2D eigenvalue weighted by Crippen LogP contribution is 2.39. The van der Waals surface area contributed by atoms with Crippen molar-refractivity contribution < 1.29 is 0 Å². The topological polar surface area (TPSA) is 30.7 Å². The minimum absolute atomic E-state index is 0.244. The summed E-state index contributed by atoms with van der Waals surface area (Å²) >= 11 is 9.63. The highest BCUT2D eigenvalue weighted by molar-refractivity contribution is 9.10. The summed E-state index contributed by atoms with van der Waals surface area (Å²) in [7, 11) is 1.91. The van der Waals surface area contributed by atoms with Gasteiger partial charge in [0.25, 0.3) is 0 Å². The van der Waals surface area contributed by atoms with Crippen molar-refractivity contribution in [2.45, 2.75) is 30.6 Å². The van der Waals surface area contributed by atoms with Crippen molar-refractivity contribution in [1.82, 2.24) is 15.0 Å². The molecule has 1 saturated carbocycles. The van der Waals surface area contributed by atoms with Gasteiger partial charge in [0.05, 0.1) is 5.69 Å². The Hall–Kier alpha value is -0.0900. The van der Waals surface area contributed by atoms with E-state index in [0.29, 0.717) is 5.92 Å². The second-order valence-electron chi connectivity index (χ2n) is 3.44. The van der Waals surface area contributed by atoms with Gasteiger partial charge in [0.15, 0.2) is 4.60 Å². The zero-order valence-corrected chi connectivity index (χ0v) is 9.72. The van der Waals surface area contributed by atoms with E-state index >= 15 is 0 Å². The van der Waals surface area contributed by atoms with E-state index in [-0.39, 0.29) is 5.38 Å². The van der Waals surface area contributed by atoms with Gasteiger partial charge in [0.2, 0.25) is 0 Å². The van der Waals surface area contributed by atoms with E-state index in [2.05, 4.69) is 26.2 Å². The van der Waals surface area contributed by atoms with Crippen LogP contribution in [0.3, 0.4) is 0 Å². The van der Waals surface area contributed by atoms with E-state index in [1.54, 1.807) is 0 Å². The van der Waals surface area contributed by atoms with Crippen LogP contribution in [0, 0.1) is 0 Å². The van der Waals surface area contributed by atoms with Gasteiger partial charge in [-0.05, 0) is 28.8 Å². The number of alkyl halides is 1. The highest BCUT2D eigenvalue weighted by Gasteiger charge is 2.31. The van der Waals surface area contributed by atoms with Crippen molar-refractivity contribution in [2.75, 3.05) is 0 Å². The Kier molecular flexibility index (Phi) is 2.60. The van der Waals surface area contributed by atoms with Gasteiger partial charge in [0.1, 0.15) is 0 Å². The number of aromatic nitrogens is 3. The zero-order valence-electron chi connectivity index (χ0n) is 7.37. The molecule has 0 N–H and O–H groups in total. The van der Waals surface area contributed by atoms with E-state index in [9.17, 15) is 0 Å². The second kappa shape index (κ2) is 3.58. The van der Waals surface area contributed by atoms with Gasteiger partial charge in [0, 0.05) is 18.3 Å². The van der Waals surface area contributed by atoms with Gasteiger partial charge >= 0.3 is 0 Å². The molecule has 13 heavy (non-hydrogen) atoms. The lowest BCUT2D eigenvalue weighted by atomic mass is 10.0. The maximum atomic E-state index is 6.22. The Morgan fingerprint density at radius 1 is 1.54 bits per heavy atom. The zero-order chi connectivity index (χ0) is 9.42. The minimum atomic E-state index is 0.244. The molecule has 2 atom stereocenters. The first-order valence-electron chi connectivity index (χ1n) is 4.39. The number of hydrogen-bond acceptors (Lipinski definition) is 2. The van der Waals surface area contributed by atoms with Crippen LogP contribution in [0.4, 0.5) is 0 Å². The molecular formula is C8H11BrClN3. The molecule has 0 amide bonds. The van der Waals surface area contributed by atoms with Gasteiger partial charge in [-0.3, -0.25) is 4.68 Å². The van der Waals surface area contributed by atoms with Gasteiger partial charge in [-0.2, -0.15) is 0 Å². The monoisotopic (exact) mass is 263 g/mol. The van der Waals surface area contributed by atoms with Crippen LogP contribution in [0.15, 0.2) is 4.60 Å². The average Bonchev–Trinajstić information content (AvgIpc) is 2.60. The third-order valence-corrected chi connectivity index (χ3v) is 3.70. The van der Waals surface area contributed by atoms with Crippen LogP contribution in [0.5, 0.6) is 0 Å². The fraction of sp³-hybridized carbons (Fsp3) is 0.750. The smallest absolute Gasteiger partial charge is 0.151 e. The average molecular weight is 265 g/mol. The minimum Gasteiger partial charge on any atom is -0.251 e. The van der Waals surface area contributed by atoms with Crippen LogP contribution in [0.1, 0.15) is 30.9 Å². The number of halogens is 2. The van der Waals surface area contributed by atoms with Crippen LogP contribution in [0.2, 0.25) is 0 Å². The molecule has 2 rings (SSSR count). The van der Waals surface area contributed by atoms with Crippen LogP contribution < -0.4 is 0 Å². The molecular weight excluding hydrogens is 253 g/mol. The van der Waals surface area contributed by atoms with Crippen molar-refractivity contribution in [3.63, 3.8) is 0 Å². The number of hydrogen-bond donors (Lipinski definition) is 0. The highest BCUT2D eigenvalue weighted by atomic mass is 79.9. The summed E-state index contributed by atoms with van der Waals surface area (Å²) in [5.41, 5.74) is 1.14. The molecule has 2 unspecified atom stereocenters. The van der Waals surface area contributed by atoms with Crippen molar-refractivity contribution in [2.24, 2.45) is 7.05 Å². The first kappa shape index (κ1) is 9.46. The summed E-state index contributed by atoms with van der Waals surface area (Å²) in [4.78, 5) is 0. The van der Waals surface area contributed by atoms with Gasteiger partial charge in [-0.1, -0.05) is 11.6 Å². The summed E-state index contributed by atoms with van der Waals surface area (Å²) in [5, 5.41) is 8.17. The van der Waals surface area contributed by atoms with E-state index in [0.717, 1.165) is 23.1 Å². The molecule has 5 heteroatoms. The lowest BCUT2D eigenvalue weighted by Crippen LogP contribution is -2.10. The molecule has 0 aromatic carbocycles. The van der Waals surface area contributed by atoms with Crippen molar-refractivity contribution in [1.29, 1.82) is 0 Å². The van der Waals surface area contributed by atoms with Crippen LogP contribution >= 0.6 is 27.5 Å². The van der Waals surface area contributed by atoms with E-state index in [4.69, 9.17) is 11.6 Å². The normalized spacial score (nSPS) is 28.2. The molecule has 1 aromatic heterocycles. The van der Waals surface area contributed by atoms with Crippen LogP contribution in [-0.2, 0) is 7.05 Å². The first-order chi connectivity index (χ1) is 6.20. The number of nitrogens with zero attached hydrogens (tertiary/aromatic N) is 3. The van der Waals surface area contributed by atoms with Crippen molar-refractivity contribution >= 4 is 27.5 Å². The van der Waals surface area contributed by atoms with Gasteiger partial charge in [-0.15, -0.1) is 16.7 Å². The molecule has 1 aromatic rings. The Bertz CT molecular complexity index is 293.